The lowest BCUT2D eigenvalue weighted by Crippen LogP contribution is -2.51. The summed E-state index contributed by atoms with van der Waals surface area (Å²) in [6.45, 7) is 3.85. The van der Waals surface area contributed by atoms with Crippen molar-refractivity contribution in [1.29, 1.82) is 0 Å². The summed E-state index contributed by atoms with van der Waals surface area (Å²) < 4.78 is 0. The molecule has 1 rings (SSSR count). The second kappa shape index (κ2) is 12.0. The Morgan fingerprint density at radius 1 is 1.18 bits per heavy atom. The van der Waals surface area contributed by atoms with Crippen molar-refractivity contribution in [1.82, 2.24) is 10.6 Å². The SMILES string of the molecule is CSCC[C@@H](NC=O)C(=O)N[C@@H](CC(C)C)C(=O)Nc1ccc([N+](=O)[O-])cc1. The number of non-ortho nitro benzene ring substituents is 1. The van der Waals surface area contributed by atoms with Crippen molar-refractivity contribution in [2.45, 2.75) is 38.8 Å². The van der Waals surface area contributed by atoms with Crippen molar-refractivity contribution in [2.75, 3.05) is 17.3 Å². The molecule has 0 unspecified atom stereocenters. The molecule has 0 aliphatic carbocycles. The predicted octanol–water partition coefficient (Wildman–Crippen LogP) is 1.93. The number of nitro groups is 1. The normalized spacial score (nSPS) is 12.7. The van der Waals surface area contributed by atoms with Gasteiger partial charge in [0, 0.05) is 17.8 Å². The maximum atomic E-state index is 12.6. The van der Waals surface area contributed by atoms with Gasteiger partial charge in [0.2, 0.25) is 18.2 Å². The van der Waals surface area contributed by atoms with Crippen molar-refractivity contribution in [2.24, 2.45) is 5.92 Å². The highest BCUT2D eigenvalue weighted by Crippen LogP contribution is 2.16. The summed E-state index contributed by atoms with van der Waals surface area (Å²) in [7, 11) is 0. The van der Waals surface area contributed by atoms with Crippen LogP contribution in [0.3, 0.4) is 0 Å². The van der Waals surface area contributed by atoms with Gasteiger partial charge in [-0.2, -0.15) is 11.8 Å². The fourth-order valence-electron chi connectivity index (χ4n) is 2.48. The van der Waals surface area contributed by atoms with E-state index < -0.39 is 28.8 Å². The van der Waals surface area contributed by atoms with Gasteiger partial charge in [0.05, 0.1) is 4.92 Å². The molecule has 154 valence electrons. The molecule has 0 aromatic heterocycles. The van der Waals surface area contributed by atoms with Gasteiger partial charge in [-0.25, -0.2) is 0 Å². The molecule has 0 saturated heterocycles. The smallest absolute Gasteiger partial charge is 0.269 e. The number of benzene rings is 1. The Morgan fingerprint density at radius 2 is 1.82 bits per heavy atom. The number of nitro benzene ring substituents is 1. The van der Waals surface area contributed by atoms with E-state index in [0.29, 0.717) is 30.7 Å². The summed E-state index contributed by atoms with van der Waals surface area (Å²) in [5.41, 5.74) is 0.310. The zero-order valence-electron chi connectivity index (χ0n) is 16.1. The third kappa shape index (κ3) is 7.95. The molecule has 1 aromatic rings. The number of nitrogens with one attached hydrogen (secondary N) is 3. The molecule has 3 amide bonds. The fraction of sp³-hybridized carbons (Fsp3) is 0.500. The molecule has 0 heterocycles. The molecule has 0 radical (unpaired) electrons. The summed E-state index contributed by atoms with van der Waals surface area (Å²) in [5, 5.41) is 18.6. The van der Waals surface area contributed by atoms with Crippen LogP contribution >= 0.6 is 11.8 Å². The van der Waals surface area contributed by atoms with Gasteiger partial charge in [-0.3, -0.25) is 24.5 Å². The molecule has 10 heteroatoms. The first-order chi connectivity index (χ1) is 13.3. The number of anilines is 1. The van der Waals surface area contributed by atoms with Crippen molar-refractivity contribution in [3.8, 4) is 0 Å². The van der Waals surface area contributed by atoms with E-state index in [0.717, 1.165) is 0 Å². The lowest BCUT2D eigenvalue weighted by atomic mass is 10.0. The molecule has 1 aromatic carbocycles. The Labute approximate surface area is 168 Å². The second-order valence-corrected chi connectivity index (χ2v) is 7.59. The maximum absolute atomic E-state index is 12.6. The van der Waals surface area contributed by atoms with E-state index in [2.05, 4.69) is 16.0 Å². The number of hydrogen-bond donors (Lipinski definition) is 3. The summed E-state index contributed by atoms with van der Waals surface area (Å²) in [5.74, 6) is -0.0316. The third-order valence-electron chi connectivity index (χ3n) is 3.88. The molecule has 2 atom stereocenters. The Kier molecular flexibility index (Phi) is 10.0. The van der Waals surface area contributed by atoms with Gasteiger partial charge < -0.3 is 16.0 Å². The van der Waals surface area contributed by atoms with Gasteiger partial charge in [-0.15, -0.1) is 0 Å². The van der Waals surface area contributed by atoms with E-state index in [1.165, 1.54) is 24.3 Å². The molecule has 0 aliphatic heterocycles. The van der Waals surface area contributed by atoms with E-state index in [1.807, 2.05) is 20.1 Å². The molecule has 0 fully saturated rings. The van der Waals surface area contributed by atoms with Crippen molar-refractivity contribution < 1.29 is 19.3 Å². The molecular formula is C18H26N4O5S. The van der Waals surface area contributed by atoms with E-state index in [1.54, 1.807) is 11.8 Å². The van der Waals surface area contributed by atoms with Crippen LogP contribution in [0.4, 0.5) is 11.4 Å². The van der Waals surface area contributed by atoms with Crippen molar-refractivity contribution >= 4 is 41.4 Å². The van der Waals surface area contributed by atoms with Gasteiger partial charge in [-0.1, -0.05) is 13.8 Å². The molecule has 3 N–H and O–H groups in total. The summed E-state index contributed by atoms with van der Waals surface area (Å²) in [4.78, 5) is 46.1. The van der Waals surface area contributed by atoms with E-state index >= 15 is 0 Å². The lowest BCUT2D eigenvalue weighted by Gasteiger charge is -2.23. The van der Waals surface area contributed by atoms with Crippen LogP contribution < -0.4 is 16.0 Å². The summed E-state index contributed by atoms with van der Waals surface area (Å²) in [6, 6.07) is 3.93. The Bertz CT molecular complexity index is 681. The Balaban J connectivity index is 2.84. The number of hydrogen-bond acceptors (Lipinski definition) is 6. The molecule has 0 aliphatic rings. The highest BCUT2D eigenvalue weighted by molar-refractivity contribution is 7.98. The highest BCUT2D eigenvalue weighted by atomic mass is 32.2. The van der Waals surface area contributed by atoms with Crippen molar-refractivity contribution in [3.05, 3.63) is 34.4 Å². The number of nitrogens with zero attached hydrogens (tertiary/aromatic N) is 1. The first-order valence-corrected chi connectivity index (χ1v) is 10.2. The minimum Gasteiger partial charge on any atom is -0.347 e. The van der Waals surface area contributed by atoms with E-state index in [4.69, 9.17) is 0 Å². The number of amides is 3. The predicted molar refractivity (Wildman–Crippen MR) is 109 cm³/mol. The fourth-order valence-corrected chi connectivity index (χ4v) is 2.95. The molecule has 28 heavy (non-hydrogen) atoms. The molecule has 0 bridgehead atoms. The topological polar surface area (TPSA) is 130 Å². The molecular weight excluding hydrogens is 384 g/mol. The van der Waals surface area contributed by atoms with Crippen LogP contribution in [-0.4, -0.2) is 47.2 Å². The van der Waals surface area contributed by atoms with Gasteiger partial charge in [0.25, 0.3) is 5.69 Å². The summed E-state index contributed by atoms with van der Waals surface area (Å²) >= 11 is 1.55. The molecule has 0 spiro atoms. The minimum atomic E-state index is -0.798. The standard InChI is InChI=1S/C18H26N4O5S/c1-12(2)10-16(21-17(24)15(19-11-23)8-9-28-3)18(25)20-13-4-6-14(7-5-13)22(26)27/h4-7,11-12,15-16H,8-10H2,1-3H3,(H,19,23)(H,20,25)(H,21,24)/t15-,16+/m1/s1. The van der Waals surface area contributed by atoms with Crippen LogP contribution in [0.25, 0.3) is 0 Å². The average Bonchev–Trinajstić information content (AvgIpc) is 2.64. The highest BCUT2D eigenvalue weighted by Gasteiger charge is 2.26. The summed E-state index contributed by atoms with van der Waals surface area (Å²) in [6.07, 6.45) is 3.22. The monoisotopic (exact) mass is 410 g/mol. The first kappa shape index (κ1) is 23.4. The Hall–Kier alpha value is -2.62. The average molecular weight is 410 g/mol. The van der Waals surface area contributed by atoms with Crippen LogP contribution in [0, 0.1) is 16.0 Å². The maximum Gasteiger partial charge on any atom is 0.269 e. The number of rotatable bonds is 12. The molecule has 9 nitrogen and oxygen atoms in total. The number of thioether (sulfide) groups is 1. The molecule has 0 saturated carbocycles. The first-order valence-electron chi connectivity index (χ1n) is 8.82. The van der Waals surface area contributed by atoms with Gasteiger partial charge in [0.1, 0.15) is 12.1 Å². The van der Waals surface area contributed by atoms with Gasteiger partial charge in [0.15, 0.2) is 0 Å². The van der Waals surface area contributed by atoms with Crippen LogP contribution in [0.2, 0.25) is 0 Å². The van der Waals surface area contributed by atoms with Crippen LogP contribution in [-0.2, 0) is 14.4 Å². The second-order valence-electron chi connectivity index (χ2n) is 6.60. The van der Waals surface area contributed by atoms with Crippen LogP contribution in [0.5, 0.6) is 0 Å². The van der Waals surface area contributed by atoms with Gasteiger partial charge in [-0.05, 0) is 42.9 Å². The minimum absolute atomic E-state index is 0.0818. The number of carbonyl (C=O) groups is 3. The zero-order valence-corrected chi connectivity index (χ0v) is 17.0. The number of carbonyl (C=O) groups excluding carboxylic acids is 3. The van der Waals surface area contributed by atoms with Crippen LogP contribution in [0.15, 0.2) is 24.3 Å². The zero-order chi connectivity index (χ0) is 21.1. The Morgan fingerprint density at radius 3 is 2.32 bits per heavy atom. The quantitative estimate of drug-likeness (QED) is 0.274. The van der Waals surface area contributed by atoms with E-state index in [-0.39, 0.29) is 11.6 Å². The third-order valence-corrected chi connectivity index (χ3v) is 4.53. The lowest BCUT2D eigenvalue weighted by molar-refractivity contribution is -0.384. The largest absolute Gasteiger partial charge is 0.347 e. The van der Waals surface area contributed by atoms with E-state index in [9.17, 15) is 24.5 Å². The van der Waals surface area contributed by atoms with Crippen LogP contribution in [0.1, 0.15) is 26.7 Å². The van der Waals surface area contributed by atoms with Crippen molar-refractivity contribution in [3.63, 3.8) is 0 Å². The van der Waals surface area contributed by atoms with Gasteiger partial charge >= 0.3 is 0 Å².